The van der Waals surface area contributed by atoms with Gasteiger partial charge in [0.15, 0.2) is 17.5 Å². The summed E-state index contributed by atoms with van der Waals surface area (Å²) in [6.45, 7) is -0.423. The Labute approximate surface area is 101 Å². The number of amides is 1. The minimum Gasteiger partial charge on any atom is -0.468 e. The third-order valence-electron chi connectivity index (χ3n) is 2.21. The number of rotatable bonds is 3. The van der Waals surface area contributed by atoms with Gasteiger partial charge in [-0.1, -0.05) is 0 Å². The van der Waals surface area contributed by atoms with E-state index < -0.39 is 41.4 Å². The molecule has 0 unspecified atom stereocenters. The van der Waals surface area contributed by atoms with Crippen LogP contribution in [-0.4, -0.2) is 37.5 Å². The second-order valence-corrected chi connectivity index (χ2v) is 3.46. The molecule has 0 heterocycles. The number of methoxy groups -OCH3 is 1. The van der Waals surface area contributed by atoms with Crippen molar-refractivity contribution < 1.29 is 27.5 Å². The fourth-order valence-electron chi connectivity index (χ4n) is 1.23. The van der Waals surface area contributed by atoms with E-state index in [1.165, 1.54) is 7.05 Å². The fraction of sp³-hybridized carbons (Fsp3) is 0.273. The third kappa shape index (κ3) is 2.79. The van der Waals surface area contributed by atoms with Gasteiger partial charge in [-0.15, -0.1) is 0 Å². The van der Waals surface area contributed by atoms with Crippen molar-refractivity contribution in [3.63, 3.8) is 0 Å². The van der Waals surface area contributed by atoms with Crippen LogP contribution in [0, 0.1) is 17.5 Å². The molecule has 1 aromatic carbocycles. The first-order valence-electron chi connectivity index (χ1n) is 4.84. The summed E-state index contributed by atoms with van der Waals surface area (Å²) in [5.41, 5.74) is -0.652. The highest BCUT2D eigenvalue weighted by atomic mass is 19.2. The minimum absolute atomic E-state index is 0.423. The predicted molar refractivity (Wildman–Crippen MR) is 55.3 cm³/mol. The van der Waals surface area contributed by atoms with Crippen LogP contribution in [0.1, 0.15) is 10.4 Å². The van der Waals surface area contributed by atoms with Gasteiger partial charge in [0.2, 0.25) is 0 Å². The van der Waals surface area contributed by atoms with Crippen LogP contribution < -0.4 is 0 Å². The third-order valence-corrected chi connectivity index (χ3v) is 2.21. The average molecular weight is 261 g/mol. The zero-order valence-electron chi connectivity index (χ0n) is 9.67. The van der Waals surface area contributed by atoms with E-state index in [0.29, 0.717) is 6.07 Å². The molecule has 0 fully saturated rings. The highest BCUT2D eigenvalue weighted by molar-refractivity contribution is 5.96. The van der Waals surface area contributed by atoms with E-state index in [-0.39, 0.29) is 0 Å². The van der Waals surface area contributed by atoms with Gasteiger partial charge in [0, 0.05) is 7.05 Å². The molecule has 98 valence electrons. The Morgan fingerprint density at radius 2 is 1.83 bits per heavy atom. The smallest absolute Gasteiger partial charge is 0.325 e. The molecule has 0 saturated carbocycles. The lowest BCUT2D eigenvalue weighted by Crippen LogP contribution is -2.33. The normalized spacial score (nSPS) is 10.1. The number of hydrogen-bond donors (Lipinski definition) is 0. The lowest BCUT2D eigenvalue weighted by molar-refractivity contribution is -0.141. The van der Waals surface area contributed by atoms with Crippen molar-refractivity contribution in [3.05, 3.63) is 35.1 Å². The number of halogens is 3. The monoisotopic (exact) mass is 261 g/mol. The molecular weight excluding hydrogens is 251 g/mol. The van der Waals surface area contributed by atoms with E-state index in [2.05, 4.69) is 4.74 Å². The van der Waals surface area contributed by atoms with Crippen LogP contribution in [0.4, 0.5) is 13.2 Å². The molecule has 18 heavy (non-hydrogen) atoms. The zero-order valence-corrected chi connectivity index (χ0v) is 9.67. The first-order valence-corrected chi connectivity index (χ1v) is 4.84. The lowest BCUT2D eigenvalue weighted by atomic mass is 10.1. The number of esters is 1. The molecule has 0 aliphatic carbocycles. The van der Waals surface area contributed by atoms with Crippen LogP contribution in [0.15, 0.2) is 12.1 Å². The molecular formula is C11H10F3NO3. The van der Waals surface area contributed by atoms with E-state index >= 15 is 0 Å². The van der Waals surface area contributed by atoms with Gasteiger partial charge in [0.25, 0.3) is 5.91 Å². The second-order valence-electron chi connectivity index (χ2n) is 3.46. The maximum atomic E-state index is 13.3. The van der Waals surface area contributed by atoms with Gasteiger partial charge >= 0.3 is 5.97 Å². The minimum atomic E-state index is -1.73. The van der Waals surface area contributed by atoms with Gasteiger partial charge in [-0.05, 0) is 12.1 Å². The van der Waals surface area contributed by atoms with Gasteiger partial charge in [-0.25, -0.2) is 13.2 Å². The summed E-state index contributed by atoms with van der Waals surface area (Å²) in [5.74, 6) is -6.37. The van der Waals surface area contributed by atoms with Gasteiger partial charge in [-0.2, -0.15) is 0 Å². The van der Waals surface area contributed by atoms with Crippen molar-refractivity contribution in [3.8, 4) is 0 Å². The topological polar surface area (TPSA) is 46.6 Å². The summed E-state index contributed by atoms with van der Waals surface area (Å²) in [6, 6.07) is 1.45. The number of benzene rings is 1. The SMILES string of the molecule is COC(=O)CN(C)C(=O)c1ccc(F)c(F)c1F. The quantitative estimate of drug-likeness (QED) is 0.609. The molecule has 1 rings (SSSR count). The molecule has 0 saturated heterocycles. The van der Waals surface area contributed by atoms with Crippen LogP contribution in [0.25, 0.3) is 0 Å². The molecule has 0 bridgehead atoms. The molecule has 1 amide bonds. The van der Waals surface area contributed by atoms with Crippen LogP contribution in [-0.2, 0) is 9.53 Å². The molecule has 0 radical (unpaired) electrons. The molecule has 0 aliphatic heterocycles. The highest BCUT2D eigenvalue weighted by Gasteiger charge is 2.22. The standard InChI is InChI=1S/C11H10F3NO3/c1-15(5-8(16)18-2)11(17)6-3-4-7(12)10(14)9(6)13/h3-4H,5H2,1-2H3. The largest absolute Gasteiger partial charge is 0.468 e. The maximum Gasteiger partial charge on any atom is 0.325 e. The number of carbonyl (C=O) groups is 2. The summed E-state index contributed by atoms with van der Waals surface area (Å²) in [4.78, 5) is 23.4. The number of nitrogens with zero attached hydrogens (tertiary/aromatic N) is 1. The molecule has 0 aliphatic rings. The van der Waals surface area contributed by atoms with E-state index in [9.17, 15) is 22.8 Å². The number of ether oxygens (including phenoxy) is 1. The van der Waals surface area contributed by atoms with Crippen molar-refractivity contribution in [1.29, 1.82) is 0 Å². The van der Waals surface area contributed by atoms with E-state index in [1.807, 2.05) is 0 Å². The van der Waals surface area contributed by atoms with E-state index in [1.54, 1.807) is 0 Å². The molecule has 0 atom stereocenters. The summed E-state index contributed by atoms with van der Waals surface area (Å²) in [6.07, 6.45) is 0. The Morgan fingerprint density at radius 3 is 2.39 bits per heavy atom. The molecule has 0 N–H and O–H groups in total. The number of hydrogen-bond acceptors (Lipinski definition) is 3. The first-order chi connectivity index (χ1) is 8.38. The molecule has 7 heteroatoms. The molecule has 1 aromatic rings. The van der Waals surface area contributed by atoms with E-state index in [4.69, 9.17) is 0 Å². The summed E-state index contributed by atoms with van der Waals surface area (Å²) in [5, 5.41) is 0. The summed E-state index contributed by atoms with van der Waals surface area (Å²) in [7, 11) is 2.33. The Balaban J connectivity index is 2.97. The van der Waals surface area contributed by atoms with Crippen molar-refractivity contribution in [2.75, 3.05) is 20.7 Å². The van der Waals surface area contributed by atoms with Gasteiger partial charge in [0.05, 0.1) is 12.7 Å². The van der Waals surface area contributed by atoms with Crippen molar-refractivity contribution in [1.82, 2.24) is 4.90 Å². The predicted octanol–water partition coefficient (Wildman–Crippen LogP) is 1.35. The van der Waals surface area contributed by atoms with Crippen LogP contribution in [0.2, 0.25) is 0 Å². The van der Waals surface area contributed by atoms with E-state index in [0.717, 1.165) is 18.1 Å². The van der Waals surface area contributed by atoms with Crippen LogP contribution in [0.3, 0.4) is 0 Å². The highest BCUT2D eigenvalue weighted by Crippen LogP contribution is 2.16. The average Bonchev–Trinajstić information content (AvgIpc) is 2.35. The first kappa shape index (κ1) is 14.0. The molecule has 0 aromatic heterocycles. The number of carbonyl (C=O) groups excluding carboxylic acids is 2. The Kier molecular flexibility index (Phi) is 4.30. The van der Waals surface area contributed by atoms with Crippen molar-refractivity contribution >= 4 is 11.9 Å². The molecule has 4 nitrogen and oxygen atoms in total. The second kappa shape index (κ2) is 5.52. The lowest BCUT2D eigenvalue weighted by Gasteiger charge is -2.16. The van der Waals surface area contributed by atoms with Gasteiger partial charge in [-0.3, -0.25) is 9.59 Å². The van der Waals surface area contributed by atoms with Crippen LogP contribution >= 0.6 is 0 Å². The Hall–Kier alpha value is -2.05. The summed E-state index contributed by atoms with van der Waals surface area (Å²) >= 11 is 0. The zero-order chi connectivity index (χ0) is 13.9. The van der Waals surface area contributed by atoms with Crippen LogP contribution in [0.5, 0.6) is 0 Å². The Bertz CT molecular complexity index is 491. The van der Waals surface area contributed by atoms with Gasteiger partial charge < -0.3 is 9.64 Å². The summed E-state index contributed by atoms with van der Waals surface area (Å²) < 4.78 is 43.2. The van der Waals surface area contributed by atoms with Crippen molar-refractivity contribution in [2.24, 2.45) is 0 Å². The fourth-order valence-corrected chi connectivity index (χ4v) is 1.23. The Morgan fingerprint density at radius 1 is 1.22 bits per heavy atom. The van der Waals surface area contributed by atoms with Crippen molar-refractivity contribution in [2.45, 2.75) is 0 Å². The van der Waals surface area contributed by atoms with Gasteiger partial charge in [0.1, 0.15) is 6.54 Å². The maximum absolute atomic E-state index is 13.3. The molecule has 0 spiro atoms. The number of likely N-dealkylation sites (N-methyl/N-ethyl adjacent to an activating group) is 1.